The van der Waals surface area contributed by atoms with Crippen LogP contribution in [0.15, 0.2) is 91.0 Å². The van der Waals surface area contributed by atoms with Crippen molar-refractivity contribution in [3.63, 3.8) is 0 Å². The Balaban J connectivity index is 1.87. The molecule has 2 nitrogen and oxygen atoms in total. The lowest BCUT2D eigenvalue weighted by molar-refractivity contribution is -0.124. The van der Waals surface area contributed by atoms with Gasteiger partial charge in [-0.2, -0.15) is 0 Å². The first-order valence-corrected chi connectivity index (χ1v) is 10.3. The van der Waals surface area contributed by atoms with E-state index in [0.717, 1.165) is 29.5 Å². The summed E-state index contributed by atoms with van der Waals surface area (Å²) in [5.74, 6) is -0.504. The summed E-state index contributed by atoms with van der Waals surface area (Å²) in [6.07, 6.45) is 5.85. The molecule has 0 aliphatic carbocycles. The zero-order valence-electron chi connectivity index (χ0n) is 16.8. The third-order valence-electron chi connectivity index (χ3n) is 5.32. The Bertz CT molecular complexity index is 1060. The van der Waals surface area contributed by atoms with Crippen LogP contribution in [0.3, 0.4) is 0 Å². The van der Waals surface area contributed by atoms with Gasteiger partial charge in [0.15, 0.2) is 0 Å². The number of rotatable bonds is 5. The van der Waals surface area contributed by atoms with E-state index < -0.39 is 0 Å². The molecule has 3 aromatic rings. The fourth-order valence-electron chi connectivity index (χ4n) is 3.75. The van der Waals surface area contributed by atoms with Gasteiger partial charge in [-0.3, -0.25) is 4.79 Å². The minimum atomic E-state index is -0.386. The van der Waals surface area contributed by atoms with Gasteiger partial charge in [0, 0.05) is 18.7 Å². The predicted octanol–water partition coefficient (Wildman–Crippen LogP) is 6.07. The lowest BCUT2D eigenvalue weighted by atomic mass is 9.96. The first-order valence-electron chi connectivity index (χ1n) is 10.3. The SMILES string of the molecule is O=C(/C(=C\C(=C\c1ccccc1)c1ccccc1)c1ccccc1F)N1CCCC1. The van der Waals surface area contributed by atoms with Crippen molar-refractivity contribution in [1.29, 1.82) is 0 Å². The van der Waals surface area contributed by atoms with Crippen molar-refractivity contribution >= 4 is 23.1 Å². The van der Waals surface area contributed by atoms with Gasteiger partial charge < -0.3 is 4.90 Å². The number of allylic oxidation sites excluding steroid dienone is 2. The molecule has 0 spiro atoms. The Morgan fingerprint density at radius 1 is 0.800 bits per heavy atom. The second-order valence-electron chi connectivity index (χ2n) is 7.41. The van der Waals surface area contributed by atoms with E-state index in [4.69, 9.17) is 0 Å². The summed E-state index contributed by atoms with van der Waals surface area (Å²) in [6.45, 7) is 1.43. The summed E-state index contributed by atoms with van der Waals surface area (Å²) in [7, 11) is 0. The van der Waals surface area contributed by atoms with Gasteiger partial charge in [-0.25, -0.2) is 4.39 Å². The number of carbonyl (C=O) groups excluding carboxylic acids is 1. The Labute approximate surface area is 177 Å². The van der Waals surface area contributed by atoms with E-state index in [9.17, 15) is 9.18 Å². The predicted molar refractivity (Wildman–Crippen MR) is 121 cm³/mol. The molecule has 30 heavy (non-hydrogen) atoms. The summed E-state index contributed by atoms with van der Waals surface area (Å²) >= 11 is 0. The maximum Gasteiger partial charge on any atom is 0.254 e. The zero-order valence-corrected chi connectivity index (χ0v) is 16.8. The fraction of sp³-hybridized carbons (Fsp3) is 0.148. The standard InChI is InChI=1S/C27H24FNO/c28-26-16-8-7-15-24(26)25(27(30)29-17-9-10-18-29)20-23(22-13-5-2-6-14-22)19-21-11-3-1-4-12-21/h1-8,11-16,19-20H,9-10,17-18H2/b23-19-,25-20-. The van der Waals surface area contributed by atoms with Crippen LogP contribution in [0.25, 0.3) is 17.2 Å². The third kappa shape index (κ3) is 4.57. The second kappa shape index (κ2) is 9.36. The highest BCUT2D eigenvalue weighted by molar-refractivity contribution is 6.22. The molecule has 1 heterocycles. The molecule has 4 rings (SSSR count). The molecule has 0 radical (unpaired) electrons. The molecule has 0 unspecified atom stereocenters. The van der Waals surface area contributed by atoms with Crippen molar-refractivity contribution in [3.8, 4) is 0 Å². The first kappa shape index (κ1) is 19.8. The average molecular weight is 397 g/mol. The van der Waals surface area contributed by atoms with Crippen LogP contribution in [-0.2, 0) is 4.79 Å². The van der Waals surface area contributed by atoms with Crippen molar-refractivity contribution in [2.24, 2.45) is 0 Å². The quantitative estimate of drug-likeness (QED) is 0.291. The van der Waals surface area contributed by atoms with Gasteiger partial charge in [0.25, 0.3) is 5.91 Å². The molecule has 1 amide bonds. The minimum absolute atomic E-state index is 0.118. The largest absolute Gasteiger partial charge is 0.339 e. The number of hydrogen-bond acceptors (Lipinski definition) is 1. The number of amides is 1. The normalized spacial score (nSPS) is 14.8. The van der Waals surface area contributed by atoms with E-state index in [1.165, 1.54) is 6.07 Å². The van der Waals surface area contributed by atoms with Crippen molar-refractivity contribution < 1.29 is 9.18 Å². The number of hydrogen-bond donors (Lipinski definition) is 0. The fourth-order valence-corrected chi connectivity index (χ4v) is 3.75. The molecule has 150 valence electrons. The Hall–Kier alpha value is -3.46. The summed E-state index contributed by atoms with van der Waals surface area (Å²) in [5.41, 5.74) is 3.59. The zero-order chi connectivity index (χ0) is 20.8. The number of halogens is 1. The minimum Gasteiger partial charge on any atom is -0.339 e. The van der Waals surface area contributed by atoms with Gasteiger partial charge in [-0.15, -0.1) is 0 Å². The van der Waals surface area contributed by atoms with Crippen LogP contribution in [0.2, 0.25) is 0 Å². The third-order valence-corrected chi connectivity index (χ3v) is 5.32. The highest BCUT2D eigenvalue weighted by Crippen LogP contribution is 2.28. The average Bonchev–Trinajstić information content (AvgIpc) is 3.33. The number of carbonyl (C=O) groups is 1. The van der Waals surface area contributed by atoms with Gasteiger partial charge in [0.05, 0.1) is 5.57 Å². The molecule has 1 fully saturated rings. The molecule has 3 heteroatoms. The van der Waals surface area contributed by atoms with Crippen LogP contribution in [0.5, 0.6) is 0 Å². The summed E-state index contributed by atoms with van der Waals surface area (Å²) < 4.78 is 14.7. The molecule has 0 N–H and O–H groups in total. The van der Waals surface area contributed by atoms with E-state index in [-0.39, 0.29) is 11.7 Å². The Morgan fingerprint density at radius 3 is 2.07 bits per heavy atom. The van der Waals surface area contributed by atoms with Gasteiger partial charge in [0.2, 0.25) is 0 Å². The Kier molecular flexibility index (Phi) is 6.19. The second-order valence-corrected chi connectivity index (χ2v) is 7.41. The van der Waals surface area contributed by atoms with Crippen LogP contribution in [-0.4, -0.2) is 23.9 Å². The van der Waals surface area contributed by atoms with E-state index in [2.05, 4.69) is 0 Å². The number of nitrogens with zero attached hydrogens (tertiary/aromatic N) is 1. The molecule has 1 saturated heterocycles. The molecule has 0 aromatic heterocycles. The van der Waals surface area contributed by atoms with Crippen LogP contribution in [0.1, 0.15) is 29.5 Å². The molecule has 0 saturated carbocycles. The van der Waals surface area contributed by atoms with Crippen LogP contribution >= 0.6 is 0 Å². The van der Waals surface area contributed by atoms with Gasteiger partial charge >= 0.3 is 0 Å². The van der Waals surface area contributed by atoms with Crippen molar-refractivity contribution in [3.05, 3.63) is 114 Å². The maximum absolute atomic E-state index is 14.7. The molecule has 3 aromatic carbocycles. The van der Waals surface area contributed by atoms with Crippen LogP contribution in [0.4, 0.5) is 4.39 Å². The van der Waals surface area contributed by atoms with E-state index >= 15 is 0 Å². The summed E-state index contributed by atoms with van der Waals surface area (Å²) in [5, 5.41) is 0. The lowest BCUT2D eigenvalue weighted by Crippen LogP contribution is -2.28. The molecule has 0 atom stereocenters. The van der Waals surface area contributed by atoms with Crippen molar-refractivity contribution in [1.82, 2.24) is 4.90 Å². The maximum atomic E-state index is 14.7. The number of benzene rings is 3. The van der Waals surface area contributed by atoms with Crippen molar-refractivity contribution in [2.75, 3.05) is 13.1 Å². The topological polar surface area (TPSA) is 20.3 Å². The molecule has 1 aliphatic rings. The molecular formula is C27H24FNO. The van der Waals surface area contributed by atoms with Gasteiger partial charge in [-0.1, -0.05) is 78.9 Å². The van der Waals surface area contributed by atoms with E-state index in [1.807, 2.05) is 77.7 Å². The summed E-state index contributed by atoms with van der Waals surface area (Å²) in [6, 6.07) is 26.4. The van der Waals surface area contributed by atoms with Gasteiger partial charge in [-0.05, 0) is 47.8 Å². The number of likely N-dealkylation sites (tertiary alicyclic amines) is 1. The summed E-state index contributed by atoms with van der Waals surface area (Å²) in [4.78, 5) is 15.2. The van der Waals surface area contributed by atoms with E-state index in [0.29, 0.717) is 24.2 Å². The Morgan fingerprint density at radius 2 is 1.40 bits per heavy atom. The van der Waals surface area contributed by atoms with Crippen LogP contribution in [0, 0.1) is 5.82 Å². The van der Waals surface area contributed by atoms with Crippen LogP contribution < -0.4 is 0 Å². The highest BCUT2D eigenvalue weighted by atomic mass is 19.1. The lowest BCUT2D eigenvalue weighted by Gasteiger charge is -2.19. The van der Waals surface area contributed by atoms with E-state index in [1.54, 1.807) is 18.2 Å². The smallest absolute Gasteiger partial charge is 0.254 e. The molecular weight excluding hydrogens is 373 g/mol. The molecule has 0 bridgehead atoms. The monoisotopic (exact) mass is 397 g/mol. The molecule has 1 aliphatic heterocycles. The highest BCUT2D eigenvalue weighted by Gasteiger charge is 2.24. The first-order chi connectivity index (χ1) is 14.7. The van der Waals surface area contributed by atoms with Gasteiger partial charge in [0.1, 0.15) is 5.82 Å². The van der Waals surface area contributed by atoms with Crippen molar-refractivity contribution in [2.45, 2.75) is 12.8 Å².